The molecule has 0 saturated heterocycles. The molecular weight excluding hydrogens is 398 g/mol. The van der Waals surface area contributed by atoms with Gasteiger partial charge in [-0.1, -0.05) is 0 Å². The van der Waals surface area contributed by atoms with Crippen LogP contribution < -0.4 is 15.7 Å². The van der Waals surface area contributed by atoms with E-state index in [1.807, 2.05) is 33.8 Å². The number of rotatable bonds is 4. The third-order valence-electron chi connectivity index (χ3n) is 5.64. The SMILES string of the molecule is Cc1cc(=O)oc2c(C)c(OC(=O)C3CCC(CNC(=O)OC(C)(C)C)CC3)ccc12. The number of amides is 1. The van der Waals surface area contributed by atoms with Gasteiger partial charge in [0.2, 0.25) is 0 Å². The highest BCUT2D eigenvalue weighted by molar-refractivity contribution is 5.86. The molecule has 0 bridgehead atoms. The molecule has 1 N–H and O–H groups in total. The van der Waals surface area contributed by atoms with E-state index < -0.39 is 17.3 Å². The first-order chi connectivity index (χ1) is 14.5. The predicted octanol–water partition coefficient (Wildman–Crippen LogP) is 4.65. The molecule has 1 aliphatic rings. The molecule has 168 valence electrons. The van der Waals surface area contributed by atoms with Crippen LogP contribution in [0.2, 0.25) is 0 Å². The smallest absolute Gasteiger partial charge is 0.407 e. The first-order valence-corrected chi connectivity index (χ1v) is 10.8. The Hall–Kier alpha value is -2.83. The first kappa shape index (κ1) is 22.8. The Bertz CT molecular complexity index is 1020. The molecule has 1 saturated carbocycles. The molecule has 31 heavy (non-hydrogen) atoms. The third-order valence-corrected chi connectivity index (χ3v) is 5.64. The largest absolute Gasteiger partial charge is 0.444 e. The molecule has 0 radical (unpaired) electrons. The van der Waals surface area contributed by atoms with Gasteiger partial charge in [0.15, 0.2) is 0 Å². The van der Waals surface area contributed by atoms with Crippen molar-refractivity contribution >= 4 is 23.0 Å². The van der Waals surface area contributed by atoms with E-state index >= 15 is 0 Å². The van der Waals surface area contributed by atoms with Crippen molar-refractivity contribution in [3.05, 3.63) is 39.7 Å². The van der Waals surface area contributed by atoms with E-state index in [9.17, 15) is 14.4 Å². The van der Waals surface area contributed by atoms with Crippen LogP contribution in [0.25, 0.3) is 11.0 Å². The van der Waals surface area contributed by atoms with Crippen LogP contribution in [0, 0.1) is 25.7 Å². The lowest BCUT2D eigenvalue weighted by Crippen LogP contribution is -2.36. The molecule has 0 aliphatic heterocycles. The fourth-order valence-corrected chi connectivity index (χ4v) is 3.95. The number of carbonyl (C=O) groups excluding carboxylic acids is 2. The molecule has 3 rings (SSSR count). The number of nitrogens with one attached hydrogen (secondary N) is 1. The van der Waals surface area contributed by atoms with Crippen molar-refractivity contribution in [3.8, 4) is 5.75 Å². The summed E-state index contributed by atoms with van der Waals surface area (Å²) in [7, 11) is 0. The summed E-state index contributed by atoms with van der Waals surface area (Å²) >= 11 is 0. The minimum atomic E-state index is -0.520. The summed E-state index contributed by atoms with van der Waals surface area (Å²) in [6.45, 7) is 9.66. The van der Waals surface area contributed by atoms with Gasteiger partial charge in [-0.3, -0.25) is 4.79 Å². The summed E-state index contributed by atoms with van der Waals surface area (Å²) in [5, 5.41) is 3.64. The Balaban J connectivity index is 1.55. The van der Waals surface area contributed by atoms with E-state index in [1.165, 1.54) is 6.07 Å². The second kappa shape index (κ2) is 9.12. The number of fused-ring (bicyclic) bond motifs is 1. The summed E-state index contributed by atoms with van der Waals surface area (Å²) < 4.78 is 16.3. The van der Waals surface area contributed by atoms with Gasteiger partial charge < -0.3 is 19.2 Å². The van der Waals surface area contributed by atoms with Gasteiger partial charge in [-0.05, 0) is 83.9 Å². The van der Waals surface area contributed by atoms with Crippen LogP contribution in [0.3, 0.4) is 0 Å². The van der Waals surface area contributed by atoms with Crippen LogP contribution in [0.4, 0.5) is 4.79 Å². The van der Waals surface area contributed by atoms with E-state index in [0.29, 0.717) is 42.2 Å². The monoisotopic (exact) mass is 429 g/mol. The van der Waals surface area contributed by atoms with Crippen molar-refractivity contribution in [1.82, 2.24) is 5.32 Å². The van der Waals surface area contributed by atoms with Crippen molar-refractivity contribution in [2.45, 2.75) is 65.9 Å². The number of alkyl carbamates (subject to hydrolysis) is 1. The summed E-state index contributed by atoms with van der Waals surface area (Å²) in [5.41, 5.74) is 0.975. The summed E-state index contributed by atoms with van der Waals surface area (Å²) in [5.74, 6) is 0.282. The molecule has 0 atom stereocenters. The van der Waals surface area contributed by atoms with Gasteiger partial charge in [0.05, 0.1) is 5.92 Å². The van der Waals surface area contributed by atoms with Crippen molar-refractivity contribution in [1.29, 1.82) is 0 Å². The van der Waals surface area contributed by atoms with Gasteiger partial charge in [0.1, 0.15) is 16.9 Å². The molecule has 1 amide bonds. The molecule has 1 heterocycles. The van der Waals surface area contributed by atoms with Crippen LogP contribution in [-0.2, 0) is 9.53 Å². The van der Waals surface area contributed by atoms with Gasteiger partial charge in [0, 0.05) is 23.6 Å². The number of hydrogen-bond acceptors (Lipinski definition) is 6. The van der Waals surface area contributed by atoms with Crippen LogP contribution in [0.5, 0.6) is 5.75 Å². The number of carbonyl (C=O) groups is 2. The van der Waals surface area contributed by atoms with Gasteiger partial charge in [0.25, 0.3) is 0 Å². The Morgan fingerprint density at radius 3 is 2.45 bits per heavy atom. The van der Waals surface area contributed by atoms with Crippen LogP contribution in [0.15, 0.2) is 27.4 Å². The van der Waals surface area contributed by atoms with E-state index in [2.05, 4.69) is 5.32 Å². The van der Waals surface area contributed by atoms with Crippen molar-refractivity contribution in [2.24, 2.45) is 11.8 Å². The topological polar surface area (TPSA) is 94.8 Å². The standard InChI is InChI=1S/C24H31NO6/c1-14-12-20(26)30-21-15(2)19(11-10-18(14)21)29-22(27)17-8-6-16(7-9-17)13-25-23(28)31-24(3,4)5/h10-12,16-17H,6-9,13H2,1-5H3,(H,25,28). The summed E-state index contributed by atoms with van der Waals surface area (Å²) in [4.78, 5) is 36.2. The zero-order chi connectivity index (χ0) is 22.8. The van der Waals surface area contributed by atoms with Crippen molar-refractivity contribution < 1.29 is 23.5 Å². The van der Waals surface area contributed by atoms with Gasteiger partial charge in [-0.2, -0.15) is 0 Å². The highest BCUT2D eigenvalue weighted by atomic mass is 16.6. The minimum absolute atomic E-state index is 0.183. The van der Waals surface area contributed by atoms with Crippen LogP contribution >= 0.6 is 0 Å². The van der Waals surface area contributed by atoms with E-state index in [1.54, 1.807) is 13.0 Å². The zero-order valence-corrected chi connectivity index (χ0v) is 18.9. The molecule has 7 heteroatoms. The fraction of sp³-hybridized carbons (Fsp3) is 0.542. The Morgan fingerprint density at radius 2 is 1.81 bits per heavy atom. The fourth-order valence-electron chi connectivity index (χ4n) is 3.95. The molecule has 1 fully saturated rings. The lowest BCUT2D eigenvalue weighted by atomic mass is 9.82. The maximum absolute atomic E-state index is 12.7. The third kappa shape index (κ3) is 5.87. The average Bonchev–Trinajstić information content (AvgIpc) is 2.68. The highest BCUT2D eigenvalue weighted by Crippen LogP contribution is 2.32. The lowest BCUT2D eigenvalue weighted by molar-refractivity contribution is -0.140. The van der Waals surface area contributed by atoms with Gasteiger partial charge in [-0.25, -0.2) is 9.59 Å². The number of hydrogen-bond donors (Lipinski definition) is 1. The molecule has 2 aromatic rings. The van der Waals surface area contributed by atoms with Gasteiger partial charge in [-0.15, -0.1) is 0 Å². The maximum Gasteiger partial charge on any atom is 0.407 e. The second-order valence-electron chi connectivity index (χ2n) is 9.34. The number of esters is 1. The Labute approximate surface area is 182 Å². The lowest BCUT2D eigenvalue weighted by Gasteiger charge is -2.28. The molecule has 7 nitrogen and oxygen atoms in total. The number of aryl methyl sites for hydroxylation is 2. The van der Waals surface area contributed by atoms with E-state index in [-0.39, 0.29) is 11.9 Å². The Morgan fingerprint density at radius 1 is 1.13 bits per heavy atom. The van der Waals surface area contributed by atoms with E-state index in [0.717, 1.165) is 23.8 Å². The normalized spacial score (nSPS) is 19.1. The van der Waals surface area contributed by atoms with Gasteiger partial charge >= 0.3 is 17.7 Å². The number of ether oxygens (including phenoxy) is 2. The first-order valence-electron chi connectivity index (χ1n) is 10.8. The molecule has 0 unspecified atom stereocenters. The zero-order valence-electron chi connectivity index (χ0n) is 18.9. The molecular formula is C24H31NO6. The quantitative estimate of drug-likeness (QED) is 0.432. The number of benzene rings is 1. The molecule has 1 aromatic carbocycles. The van der Waals surface area contributed by atoms with Crippen molar-refractivity contribution in [3.63, 3.8) is 0 Å². The predicted molar refractivity (Wildman–Crippen MR) is 117 cm³/mol. The molecule has 1 aliphatic carbocycles. The summed E-state index contributed by atoms with van der Waals surface area (Å²) in [6, 6.07) is 5.00. The average molecular weight is 430 g/mol. The maximum atomic E-state index is 12.7. The highest BCUT2D eigenvalue weighted by Gasteiger charge is 2.29. The second-order valence-corrected chi connectivity index (χ2v) is 9.34. The van der Waals surface area contributed by atoms with Crippen LogP contribution in [-0.4, -0.2) is 24.2 Å². The van der Waals surface area contributed by atoms with E-state index in [4.69, 9.17) is 13.9 Å². The molecule has 1 aromatic heterocycles. The Kier molecular flexibility index (Phi) is 6.72. The summed E-state index contributed by atoms with van der Waals surface area (Å²) in [6.07, 6.45) is 2.67. The van der Waals surface area contributed by atoms with Crippen molar-refractivity contribution in [2.75, 3.05) is 6.54 Å². The van der Waals surface area contributed by atoms with Crippen LogP contribution in [0.1, 0.15) is 57.6 Å². The molecule has 0 spiro atoms. The minimum Gasteiger partial charge on any atom is -0.444 e.